The first kappa shape index (κ1) is 49.7. The third-order valence-electron chi connectivity index (χ3n) is 7.14. The number of halogens is 4. The predicted octanol–water partition coefficient (Wildman–Crippen LogP) is 12.5. The summed E-state index contributed by atoms with van der Waals surface area (Å²) in [5.41, 5.74) is 0. The summed E-state index contributed by atoms with van der Waals surface area (Å²) in [7, 11) is 20.4. The Morgan fingerprint density at radius 2 is 0.436 bits per heavy atom. The number of hydrogen-bond donors (Lipinski definition) is 0. The van der Waals surface area contributed by atoms with Gasteiger partial charge >= 0.3 is 60.2 Å². The van der Waals surface area contributed by atoms with Crippen molar-refractivity contribution >= 4 is 113 Å². The van der Waals surface area contributed by atoms with E-state index in [1.807, 2.05) is 91.0 Å². The van der Waals surface area contributed by atoms with Crippen molar-refractivity contribution in [1.82, 2.24) is 0 Å². The van der Waals surface area contributed by atoms with Crippen molar-refractivity contribution in [2.75, 3.05) is 13.3 Å². The van der Waals surface area contributed by atoms with E-state index in [9.17, 15) is 0 Å². The quantitative estimate of drug-likeness (QED) is 0.127. The van der Waals surface area contributed by atoms with Crippen LogP contribution in [-0.4, -0.2) is 13.3 Å². The van der Waals surface area contributed by atoms with Gasteiger partial charge in [0, 0.05) is 0 Å². The van der Waals surface area contributed by atoms with E-state index in [2.05, 4.69) is 135 Å². The van der Waals surface area contributed by atoms with Crippen LogP contribution in [-0.2, 0) is 60.0 Å². The Morgan fingerprint density at radius 3 is 0.545 bits per heavy atom. The molecule has 0 aliphatic carbocycles. The summed E-state index contributed by atoms with van der Waals surface area (Å²) in [4.78, 5) is 2.72. The van der Waals surface area contributed by atoms with Gasteiger partial charge in [0.05, 0.1) is 50.4 Å². The number of hydrogen-bond acceptors (Lipinski definition) is 3. The summed E-state index contributed by atoms with van der Waals surface area (Å²) in [6, 6.07) is 71.9. The molecule has 0 nitrogen and oxygen atoms in total. The summed E-state index contributed by atoms with van der Waals surface area (Å²) in [6.07, 6.45) is 0. The number of rotatable bonds is 4. The first-order valence-electron chi connectivity index (χ1n) is 16.7. The molecule has 0 spiro atoms. The first-order chi connectivity index (χ1) is 26.6. The molecule has 0 aliphatic rings. The normalized spacial score (nSPS) is 9.78. The minimum atomic E-state index is -1.95. The molecular weight excluding hydrogens is 1200 g/mol. The van der Waals surface area contributed by atoms with Crippen LogP contribution in [0, 0.1) is 0 Å². The van der Waals surface area contributed by atoms with Gasteiger partial charge in [-0.2, -0.15) is 14.7 Å². The van der Waals surface area contributed by atoms with E-state index in [4.69, 9.17) is 76.0 Å². The van der Waals surface area contributed by atoms with Crippen molar-refractivity contribution in [3.05, 3.63) is 212 Å². The topological polar surface area (TPSA) is 0 Å². The van der Waals surface area contributed by atoms with Gasteiger partial charge in [0.2, 0.25) is 0 Å². The summed E-state index contributed by atoms with van der Waals surface area (Å²) in [6.45, 7) is 4.69. The van der Waals surface area contributed by atoms with Gasteiger partial charge in [0.15, 0.2) is 0 Å². The fourth-order valence-corrected chi connectivity index (χ4v) is 8.26. The molecule has 290 valence electrons. The molecule has 0 bridgehead atoms. The minimum absolute atomic E-state index is 0.545. The molecule has 0 heterocycles. The van der Waals surface area contributed by atoms with Crippen molar-refractivity contribution in [3.8, 4) is 0 Å². The molecule has 0 atom stereocenters. The molecule has 0 saturated carbocycles. The minimum Gasteiger partial charge on any atom is -0.780 e. The maximum Gasteiger partial charge on any atom is -0.0624 e. The van der Waals surface area contributed by atoms with E-state index >= 15 is 0 Å². The Morgan fingerprint density at radius 1 is 0.291 bits per heavy atom. The van der Waals surface area contributed by atoms with Crippen LogP contribution < -0.4 is 21.2 Å². The third kappa shape index (κ3) is 24.2. The molecule has 11 heteroatoms. The van der Waals surface area contributed by atoms with E-state index < -0.39 is 38.0 Å². The van der Waals surface area contributed by atoms with E-state index in [-0.39, 0.29) is 0 Å². The summed E-state index contributed by atoms with van der Waals surface area (Å²) < 4.78 is 0. The van der Waals surface area contributed by atoms with Crippen LogP contribution in [0.15, 0.2) is 227 Å². The summed E-state index contributed by atoms with van der Waals surface area (Å²) in [5.74, 6) is 0. The van der Waals surface area contributed by atoms with Gasteiger partial charge in [-0.05, 0) is 48.5 Å². The van der Waals surface area contributed by atoms with Crippen LogP contribution in [0.4, 0.5) is 0 Å². The van der Waals surface area contributed by atoms with Crippen molar-refractivity contribution in [1.29, 1.82) is 0 Å². The molecule has 0 fully saturated rings. The fraction of sp³-hybridized carbons (Fsp3) is 0.0455. The van der Waals surface area contributed by atoms with E-state index in [1.54, 1.807) is 0 Å². The van der Waals surface area contributed by atoms with Crippen molar-refractivity contribution in [2.45, 2.75) is 14.7 Å². The Labute approximate surface area is 371 Å². The maximum absolute atomic E-state index is 5.38. The Hall–Kier alpha value is -1.46. The molecule has 0 radical (unpaired) electrons. The summed E-state index contributed by atoms with van der Waals surface area (Å²) in [5, 5.41) is 5.90. The largest absolute Gasteiger partial charge is 0.780 e. The Bertz CT molecular complexity index is 1800. The second kappa shape index (κ2) is 31.5. The van der Waals surface area contributed by atoms with Crippen LogP contribution in [0.5, 0.6) is 0 Å². The Balaban J connectivity index is 0.000000237. The first-order valence-corrected chi connectivity index (χ1v) is 44.8. The van der Waals surface area contributed by atoms with Gasteiger partial charge in [-0.25, -0.2) is 0 Å². The molecule has 0 saturated heterocycles. The summed E-state index contributed by atoms with van der Waals surface area (Å²) >= 11 is 10.5. The smallest absolute Gasteiger partial charge is 0.0624 e. The number of benzene rings is 7. The average molecular weight is 1240 g/mol. The van der Waals surface area contributed by atoms with E-state index in [0.29, 0.717) is 0 Å². The van der Waals surface area contributed by atoms with Crippen LogP contribution >= 0.6 is 54.0 Å². The van der Waals surface area contributed by atoms with Gasteiger partial charge in [-0.1, -0.05) is 164 Å². The maximum atomic E-state index is 5.38. The zero-order valence-corrected chi connectivity index (χ0v) is 43.1. The van der Waals surface area contributed by atoms with Crippen molar-refractivity contribution in [3.63, 3.8) is 0 Å². The SMILES string of the molecule is C[PH+](c1ccccc1)c1ccccc1.C[PH+](c1ccccc1)c1ccccc1.[Cl][Re]([Cl])#[Re]([Cl])[Cl].[S-]c1ccccc1.[S-]c1ccccc1.[S-]c1ccccc1. The van der Waals surface area contributed by atoms with Gasteiger partial charge in [0.1, 0.15) is 0 Å². The van der Waals surface area contributed by atoms with E-state index in [1.165, 1.54) is 21.2 Å². The van der Waals surface area contributed by atoms with Crippen LogP contribution in [0.2, 0.25) is 0 Å². The molecule has 7 aromatic carbocycles. The van der Waals surface area contributed by atoms with Gasteiger partial charge in [-0.15, -0.1) is 0 Å². The predicted molar refractivity (Wildman–Crippen MR) is 252 cm³/mol. The van der Waals surface area contributed by atoms with Gasteiger partial charge in [-0.3, -0.25) is 0 Å². The Kier molecular flexibility index (Phi) is 28.5. The molecule has 0 aromatic heterocycles. The zero-order valence-electron chi connectivity index (χ0n) is 30.2. The molecule has 55 heavy (non-hydrogen) atoms. The van der Waals surface area contributed by atoms with E-state index in [0.717, 1.165) is 14.7 Å². The molecule has 0 N–H and O–H groups in total. The molecule has 0 unspecified atom stereocenters. The zero-order chi connectivity index (χ0) is 40.1. The standard InChI is InChI=1S/2C13H13P.3C6H6S.4ClH.2Re/c2*1-14(12-8-4-2-5-9-12)13-10-6-3-7-11-13;3*7-6-4-2-1-3-5-6;;;;;;/h2*2-11H,1H3;3*1-5,7H;4*1H;;/q;;;;;;;;;2*+2/p-5. The van der Waals surface area contributed by atoms with Crippen LogP contribution in [0.25, 0.3) is 0 Å². The second-order valence-electron chi connectivity index (χ2n) is 11.0. The monoisotopic (exact) mass is 1240 g/mol. The van der Waals surface area contributed by atoms with Crippen molar-refractivity contribution < 1.29 is 22.1 Å². The van der Waals surface area contributed by atoms with Gasteiger partial charge in [0.25, 0.3) is 0 Å². The third-order valence-corrected chi connectivity index (χ3v) is 61.9. The molecule has 0 aliphatic heterocycles. The molecule has 7 rings (SSSR count). The second-order valence-corrected chi connectivity index (χ2v) is 68.2. The van der Waals surface area contributed by atoms with Crippen molar-refractivity contribution in [2.24, 2.45) is 0 Å². The molecular formula is C44H43Cl4P2Re2S3-. The van der Waals surface area contributed by atoms with Gasteiger partial charge < -0.3 is 37.9 Å². The van der Waals surface area contributed by atoms with Crippen LogP contribution in [0.1, 0.15) is 0 Å². The van der Waals surface area contributed by atoms with Crippen LogP contribution in [0.3, 0.4) is 0 Å². The average Bonchev–Trinajstić information content (AvgIpc) is 3.23. The fourth-order valence-electron chi connectivity index (χ4n) is 4.35. The molecule has 0 amide bonds. The molecule has 7 aromatic rings.